The summed E-state index contributed by atoms with van der Waals surface area (Å²) >= 11 is 7.60. The summed E-state index contributed by atoms with van der Waals surface area (Å²) in [6, 6.07) is 16.1. The number of rotatable bonds is 9. The van der Waals surface area contributed by atoms with E-state index in [1.165, 1.54) is 11.1 Å². The Kier molecular flexibility index (Phi) is 7.40. The van der Waals surface area contributed by atoms with Gasteiger partial charge in [-0.2, -0.15) is 0 Å². The van der Waals surface area contributed by atoms with Crippen molar-refractivity contribution < 1.29 is 4.74 Å². The van der Waals surface area contributed by atoms with Crippen LogP contribution in [0.15, 0.2) is 66.3 Å². The van der Waals surface area contributed by atoms with Crippen LogP contribution in [0.1, 0.15) is 49.7 Å². The van der Waals surface area contributed by atoms with Crippen LogP contribution in [0.3, 0.4) is 0 Å². The maximum atomic E-state index is 6.13. The number of aromatic nitrogens is 3. The highest BCUT2D eigenvalue weighted by Crippen LogP contribution is 2.27. The molecule has 29 heavy (non-hydrogen) atoms. The van der Waals surface area contributed by atoms with Crippen molar-refractivity contribution in [2.45, 2.75) is 50.2 Å². The van der Waals surface area contributed by atoms with E-state index in [4.69, 9.17) is 16.3 Å². The first-order valence-electron chi connectivity index (χ1n) is 9.65. The Labute approximate surface area is 182 Å². The summed E-state index contributed by atoms with van der Waals surface area (Å²) in [4.78, 5) is 0. The van der Waals surface area contributed by atoms with Gasteiger partial charge < -0.3 is 4.74 Å². The van der Waals surface area contributed by atoms with Crippen molar-refractivity contribution >= 4 is 23.4 Å². The maximum Gasteiger partial charge on any atom is 0.191 e. The van der Waals surface area contributed by atoms with Crippen molar-refractivity contribution in [2.75, 3.05) is 0 Å². The molecule has 0 N–H and O–H groups in total. The minimum Gasteiger partial charge on any atom is -0.483 e. The van der Waals surface area contributed by atoms with Crippen molar-refractivity contribution in [3.63, 3.8) is 0 Å². The molecule has 1 unspecified atom stereocenters. The van der Waals surface area contributed by atoms with Crippen molar-refractivity contribution in [2.24, 2.45) is 0 Å². The summed E-state index contributed by atoms with van der Waals surface area (Å²) in [7, 11) is 0. The fourth-order valence-corrected chi connectivity index (χ4v) is 3.96. The summed E-state index contributed by atoms with van der Waals surface area (Å²) in [5, 5.41) is 10.4. The van der Waals surface area contributed by atoms with E-state index < -0.39 is 0 Å². The first-order chi connectivity index (χ1) is 14.0. The van der Waals surface area contributed by atoms with Gasteiger partial charge in [0.25, 0.3) is 0 Å². The molecule has 1 heterocycles. The second-order valence-electron chi connectivity index (χ2n) is 7.14. The van der Waals surface area contributed by atoms with E-state index in [0.29, 0.717) is 12.5 Å². The number of hydrogen-bond acceptors (Lipinski definition) is 4. The Bertz CT molecular complexity index is 936. The van der Waals surface area contributed by atoms with Gasteiger partial charge in [-0.25, -0.2) is 0 Å². The second kappa shape index (κ2) is 9.99. The summed E-state index contributed by atoms with van der Waals surface area (Å²) in [6.45, 7) is 10.9. The summed E-state index contributed by atoms with van der Waals surface area (Å²) in [5.74, 6) is 2.90. The van der Waals surface area contributed by atoms with Gasteiger partial charge in [0.05, 0.1) is 0 Å². The van der Waals surface area contributed by atoms with Crippen LogP contribution < -0.4 is 4.74 Å². The molecule has 0 fully saturated rings. The smallest absolute Gasteiger partial charge is 0.191 e. The molecule has 0 aliphatic rings. The molecule has 1 aromatic heterocycles. The number of allylic oxidation sites excluding steroid dienone is 1. The van der Waals surface area contributed by atoms with Crippen LogP contribution in [-0.4, -0.2) is 14.8 Å². The molecule has 0 radical (unpaired) electrons. The fraction of sp³-hybridized carbons (Fsp3) is 0.304. The van der Waals surface area contributed by atoms with Crippen LogP contribution in [0.5, 0.6) is 5.75 Å². The SMILES string of the molecule is C=CCn1c(SCc2ccc(Cl)cc2)nnc1C(C)Oc1ccc(C(C)C)cc1. The van der Waals surface area contributed by atoms with Gasteiger partial charge in [-0.15, -0.1) is 16.8 Å². The van der Waals surface area contributed by atoms with Gasteiger partial charge in [-0.05, 0) is 48.2 Å². The lowest BCUT2D eigenvalue weighted by atomic mass is 10.0. The zero-order chi connectivity index (χ0) is 20.8. The third kappa shape index (κ3) is 5.64. The summed E-state index contributed by atoms with van der Waals surface area (Å²) in [5.41, 5.74) is 2.48. The van der Waals surface area contributed by atoms with Crippen molar-refractivity contribution in [3.8, 4) is 5.75 Å². The molecule has 0 saturated heterocycles. The lowest BCUT2D eigenvalue weighted by Crippen LogP contribution is -2.12. The van der Waals surface area contributed by atoms with Crippen LogP contribution in [0.4, 0.5) is 0 Å². The Morgan fingerprint density at radius 2 is 1.76 bits per heavy atom. The number of nitrogens with zero attached hydrogens (tertiary/aromatic N) is 3. The van der Waals surface area contributed by atoms with E-state index in [1.54, 1.807) is 11.8 Å². The minimum atomic E-state index is -0.225. The van der Waals surface area contributed by atoms with E-state index in [0.717, 1.165) is 27.5 Å². The van der Waals surface area contributed by atoms with E-state index in [-0.39, 0.29) is 6.10 Å². The quantitative estimate of drug-likeness (QED) is 0.282. The van der Waals surface area contributed by atoms with Gasteiger partial charge >= 0.3 is 0 Å². The van der Waals surface area contributed by atoms with Crippen LogP contribution >= 0.6 is 23.4 Å². The zero-order valence-electron chi connectivity index (χ0n) is 17.0. The van der Waals surface area contributed by atoms with Gasteiger partial charge in [0, 0.05) is 17.3 Å². The highest BCUT2D eigenvalue weighted by Gasteiger charge is 2.19. The van der Waals surface area contributed by atoms with Gasteiger partial charge in [-0.1, -0.05) is 67.6 Å². The average Bonchev–Trinajstić information content (AvgIpc) is 3.11. The van der Waals surface area contributed by atoms with Gasteiger partial charge in [0.2, 0.25) is 0 Å². The predicted molar refractivity (Wildman–Crippen MR) is 121 cm³/mol. The maximum absolute atomic E-state index is 6.13. The molecule has 0 aliphatic heterocycles. The highest BCUT2D eigenvalue weighted by molar-refractivity contribution is 7.98. The zero-order valence-corrected chi connectivity index (χ0v) is 18.6. The molecule has 4 nitrogen and oxygen atoms in total. The molecule has 0 amide bonds. The molecular weight excluding hydrogens is 402 g/mol. The average molecular weight is 428 g/mol. The molecule has 3 rings (SSSR count). The number of halogens is 1. The van der Waals surface area contributed by atoms with E-state index >= 15 is 0 Å². The molecule has 0 saturated carbocycles. The normalized spacial score (nSPS) is 12.2. The fourth-order valence-electron chi connectivity index (χ4n) is 2.92. The van der Waals surface area contributed by atoms with Crippen molar-refractivity contribution in [1.82, 2.24) is 14.8 Å². The molecule has 0 bridgehead atoms. The van der Waals surface area contributed by atoms with E-state index in [1.807, 2.05) is 49.4 Å². The third-order valence-electron chi connectivity index (χ3n) is 4.56. The van der Waals surface area contributed by atoms with Crippen LogP contribution in [0, 0.1) is 0 Å². The molecule has 2 aromatic carbocycles. The Hall–Kier alpha value is -2.24. The molecule has 6 heteroatoms. The number of thioether (sulfide) groups is 1. The summed E-state index contributed by atoms with van der Waals surface area (Å²) < 4.78 is 8.19. The molecular formula is C23H26ClN3OS. The molecule has 1 atom stereocenters. The first-order valence-corrected chi connectivity index (χ1v) is 11.0. The highest BCUT2D eigenvalue weighted by atomic mass is 35.5. The van der Waals surface area contributed by atoms with Gasteiger partial charge in [0.15, 0.2) is 17.1 Å². The molecule has 0 spiro atoms. The number of ether oxygens (including phenoxy) is 1. The van der Waals surface area contributed by atoms with Crippen LogP contribution in [0.25, 0.3) is 0 Å². The number of hydrogen-bond donors (Lipinski definition) is 0. The Morgan fingerprint density at radius 3 is 2.38 bits per heavy atom. The topological polar surface area (TPSA) is 39.9 Å². The molecule has 3 aromatic rings. The minimum absolute atomic E-state index is 0.225. The Balaban J connectivity index is 1.72. The summed E-state index contributed by atoms with van der Waals surface area (Å²) in [6.07, 6.45) is 1.63. The monoisotopic (exact) mass is 427 g/mol. The van der Waals surface area contributed by atoms with Crippen LogP contribution in [-0.2, 0) is 12.3 Å². The largest absolute Gasteiger partial charge is 0.483 e. The van der Waals surface area contributed by atoms with Crippen LogP contribution in [0.2, 0.25) is 5.02 Å². The lowest BCUT2D eigenvalue weighted by molar-refractivity contribution is 0.210. The van der Waals surface area contributed by atoms with Crippen molar-refractivity contribution in [1.29, 1.82) is 0 Å². The second-order valence-corrected chi connectivity index (χ2v) is 8.52. The van der Waals surface area contributed by atoms with E-state index in [9.17, 15) is 0 Å². The van der Waals surface area contributed by atoms with Gasteiger partial charge in [0.1, 0.15) is 5.75 Å². The standard InChI is InChI=1S/C23H26ClN3OS/c1-5-14-27-22(17(4)28-21-12-8-19(9-13-21)16(2)3)25-26-23(27)29-15-18-6-10-20(24)11-7-18/h5-13,16-17H,1,14-15H2,2-4H3. The number of benzene rings is 2. The third-order valence-corrected chi connectivity index (χ3v) is 5.85. The lowest BCUT2D eigenvalue weighted by Gasteiger charge is -2.16. The predicted octanol–water partition coefficient (Wildman–Crippen LogP) is 6.67. The van der Waals surface area contributed by atoms with Gasteiger partial charge in [-0.3, -0.25) is 4.57 Å². The van der Waals surface area contributed by atoms with E-state index in [2.05, 4.69) is 47.3 Å². The Morgan fingerprint density at radius 1 is 1.07 bits per heavy atom. The molecule has 152 valence electrons. The molecule has 0 aliphatic carbocycles. The van der Waals surface area contributed by atoms with Crippen molar-refractivity contribution in [3.05, 3.63) is 83.2 Å². The first kappa shape index (κ1) is 21.5.